The average molecular weight is 313 g/mol. The second kappa shape index (κ2) is 6.87. The van der Waals surface area contributed by atoms with E-state index in [-0.39, 0.29) is 5.75 Å². The van der Waals surface area contributed by atoms with Crippen LogP contribution in [0.15, 0.2) is 24.3 Å². The third kappa shape index (κ3) is 4.06. The van der Waals surface area contributed by atoms with Crippen LogP contribution in [0.3, 0.4) is 0 Å². The summed E-state index contributed by atoms with van der Waals surface area (Å²) in [7, 11) is 0. The summed E-state index contributed by atoms with van der Waals surface area (Å²) in [4.78, 5) is 0. The molecule has 0 saturated carbocycles. The van der Waals surface area contributed by atoms with Crippen molar-refractivity contribution in [3.8, 4) is 11.5 Å². The molecule has 0 heterocycles. The van der Waals surface area contributed by atoms with Crippen LogP contribution < -0.4 is 0 Å². The third-order valence-corrected chi connectivity index (χ3v) is 3.85. The molecular formula is C16H18Cl2O2. The standard InChI is InChI=1S/2C8H9ClO/c1-5-3-6(2)8(9)7(10)4-5;1-5-3-4-7(9)6(2)8(5)10/h2*3-4,10H,1-2H3. The van der Waals surface area contributed by atoms with Crippen molar-refractivity contribution < 1.29 is 10.2 Å². The molecule has 0 fully saturated rings. The first-order chi connectivity index (χ1) is 9.23. The third-order valence-electron chi connectivity index (χ3n) is 2.95. The van der Waals surface area contributed by atoms with E-state index in [0.717, 1.165) is 22.3 Å². The van der Waals surface area contributed by atoms with E-state index in [0.29, 0.717) is 15.8 Å². The van der Waals surface area contributed by atoms with Gasteiger partial charge in [-0.15, -0.1) is 0 Å². The topological polar surface area (TPSA) is 40.5 Å². The van der Waals surface area contributed by atoms with Gasteiger partial charge in [0.2, 0.25) is 0 Å². The molecule has 2 aromatic rings. The lowest BCUT2D eigenvalue weighted by Gasteiger charge is -2.02. The number of hydrogen-bond donors (Lipinski definition) is 2. The zero-order valence-corrected chi connectivity index (χ0v) is 13.5. The molecule has 0 bridgehead atoms. The van der Waals surface area contributed by atoms with Crippen molar-refractivity contribution in [1.29, 1.82) is 0 Å². The van der Waals surface area contributed by atoms with Gasteiger partial charge in [0.1, 0.15) is 11.5 Å². The molecule has 0 saturated heterocycles. The maximum atomic E-state index is 9.30. The second-order valence-corrected chi connectivity index (χ2v) is 5.54. The van der Waals surface area contributed by atoms with Gasteiger partial charge in [0.05, 0.1) is 5.02 Å². The monoisotopic (exact) mass is 312 g/mol. The fraction of sp³-hybridized carbons (Fsp3) is 0.250. The van der Waals surface area contributed by atoms with Crippen molar-refractivity contribution in [1.82, 2.24) is 0 Å². The van der Waals surface area contributed by atoms with Gasteiger partial charge in [-0.25, -0.2) is 0 Å². The van der Waals surface area contributed by atoms with Crippen LogP contribution in [-0.4, -0.2) is 10.2 Å². The van der Waals surface area contributed by atoms with Gasteiger partial charge in [0, 0.05) is 10.6 Å². The zero-order chi connectivity index (χ0) is 15.4. The molecule has 2 rings (SSSR count). The van der Waals surface area contributed by atoms with Crippen molar-refractivity contribution in [3.05, 3.63) is 56.6 Å². The summed E-state index contributed by atoms with van der Waals surface area (Å²) >= 11 is 11.4. The van der Waals surface area contributed by atoms with Crippen LogP contribution in [-0.2, 0) is 0 Å². The molecular weight excluding hydrogens is 295 g/mol. The first kappa shape index (κ1) is 16.7. The Morgan fingerprint density at radius 1 is 0.850 bits per heavy atom. The summed E-state index contributed by atoms with van der Waals surface area (Å²) in [6, 6.07) is 7.16. The summed E-state index contributed by atoms with van der Waals surface area (Å²) in [5.74, 6) is 0.465. The van der Waals surface area contributed by atoms with Gasteiger partial charge in [0.25, 0.3) is 0 Å². The van der Waals surface area contributed by atoms with Crippen LogP contribution in [0.5, 0.6) is 11.5 Å². The molecule has 0 spiro atoms. The van der Waals surface area contributed by atoms with E-state index >= 15 is 0 Å². The number of phenolic OH excluding ortho intramolecular Hbond substituents is 2. The number of benzene rings is 2. The minimum Gasteiger partial charge on any atom is -0.507 e. The molecule has 20 heavy (non-hydrogen) atoms. The highest BCUT2D eigenvalue weighted by Crippen LogP contribution is 2.28. The Morgan fingerprint density at radius 2 is 1.45 bits per heavy atom. The Bertz CT molecular complexity index is 572. The molecule has 0 aliphatic carbocycles. The van der Waals surface area contributed by atoms with Gasteiger partial charge in [-0.3, -0.25) is 0 Å². The van der Waals surface area contributed by atoms with Gasteiger partial charge in [-0.1, -0.05) is 35.3 Å². The van der Waals surface area contributed by atoms with Crippen molar-refractivity contribution in [2.24, 2.45) is 0 Å². The molecule has 2 nitrogen and oxygen atoms in total. The first-order valence-electron chi connectivity index (χ1n) is 6.14. The first-order valence-corrected chi connectivity index (χ1v) is 6.90. The molecule has 0 radical (unpaired) electrons. The van der Waals surface area contributed by atoms with E-state index in [1.807, 2.05) is 26.8 Å². The summed E-state index contributed by atoms with van der Waals surface area (Å²) in [6.07, 6.45) is 0. The fourth-order valence-corrected chi connectivity index (χ4v) is 2.00. The number of phenols is 2. The second-order valence-electron chi connectivity index (χ2n) is 4.75. The van der Waals surface area contributed by atoms with Crippen LogP contribution in [0, 0.1) is 27.7 Å². The van der Waals surface area contributed by atoms with Gasteiger partial charge in [0.15, 0.2) is 0 Å². The number of aryl methyl sites for hydroxylation is 3. The largest absolute Gasteiger partial charge is 0.507 e. The normalized spacial score (nSPS) is 9.90. The SMILES string of the molecule is Cc1cc(C)c(Cl)c(O)c1.Cc1ccc(Cl)c(C)c1O. The Kier molecular flexibility index (Phi) is 5.73. The van der Waals surface area contributed by atoms with Gasteiger partial charge in [-0.05, 0) is 56.5 Å². The van der Waals surface area contributed by atoms with Gasteiger partial charge in [-0.2, -0.15) is 0 Å². The van der Waals surface area contributed by atoms with E-state index in [9.17, 15) is 5.11 Å². The highest BCUT2D eigenvalue weighted by molar-refractivity contribution is 6.32. The maximum Gasteiger partial charge on any atom is 0.134 e. The predicted octanol–water partition coefficient (Wildman–Crippen LogP) is 5.32. The Balaban J connectivity index is 0.000000200. The van der Waals surface area contributed by atoms with Crippen LogP contribution in [0.1, 0.15) is 22.3 Å². The molecule has 2 aromatic carbocycles. The molecule has 0 aliphatic heterocycles. The minimum absolute atomic E-state index is 0.166. The highest BCUT2D eigenvalue weighted by Gasteiger charge is 2.02. The summed E-state index contributed by atoms with van der Waals surface area (Å²) < 4.78 is 0. The summed E-state index contributed by atoms with van der Waals surface area (Å²) in [5, 5.41) is 19.5. The van der Waals surface area contributed by atoms with Crippen LogP contribution in [0.2, 0.25) is 10.0 Å². The molecule has 0 amide bonds. The molecule has 0 aliphatic rings. The number of hydrogen-bond acceptors (Lipinski definition) is 2. The number of halogens is 2. The van der Waals surface area contributed by atoms with E-state index in [1.54, 1.807) is 25.1 Å². The van der Waals surface area contributed by atoms with E-state index < -0.39 is 0 Å². The predicted molar refractivity (Wildman–Crippen MR) is 85.2 cm³/mol. The highest BCUT2D eigenvalue weighted by atomic mass is 35.5. The van der Waals surface area contributed by atoms with Crippen molar-refractivity contribution in [2.45, 2.75) is 27.7 Å². The van der Waals surface area contributed by atoms with Crippen LogP contribution >= 0.6 is 23.2 Å². The molecule has 4 heteroatoms. The molecule has 108 valence electrons. The van der Waals surface area contributed by atoms with Crippen molar-refractivity contribution >= 4 is 23.2 Å². The summed E-state index contributed by atoms with van der Waals surface area (Å²) in [5.41, 5.74) is 3.56. The summed E-state index contributed by atoms with van der Waals surface area (Å²) in [6.45, 7) is 7.43. The lowest BCUT2D eigenvalue weighted by Crippen LogP contribution is -1.80. The Morgan fingerprint density at radius 3 is 1.95 bits per heavy atom. The molecule has 0 aromatic heterocycles. The van der Waals surface area contributed by atoms with Gasteiger partial charge < -0.3 is 10.2 Å². The zero-order valence-electron chi connectivity index (χ0n) is 12.0. The smallest absolute Gasteiger partial charge is 0.134 e. The Labute approximate surface area is 129 Å². The fourth-order valence-electron chi connectivity index (χ4n) is 1.74. The molecule has 0 atom stereocenters. The average Bonchev–Trinajstić information content (AvgIpc) is 2.39. The van der Waals surface area contributed by atoms with Gasteiger partial charge >= 0.3 is 0 Å². The minimum atomic E-state index is 0.166. The lowest BCUT2D eigenvalue weighted by atomic mass is 10.1. The van der Waals surface area contributed by atoms with Crippen molar-refractivity contribution in [3.63, 3.8) is 0 Å². The maximum absolute atomic E-state index is 9.30. The lowest BCUT2D eigenvalue weighted by molar-refractivity contribution is 0.467. The van der Waals surface area contributed by atoms with Crippen LogP contribution in [0.25, 0.3) is 0 Å². The number of aromatic hydroxyl groups is 2. The van der Waals surface area contributed by atoms with Crippen molar-refractivity contribution in [2.75, 3.05) is 0 Å². The molecule has 0 unspecified atom stereocenters. The Hall–Kier alpha value is -1.38. The molecule has 2 N–H and O–H groups in total. The quantitative estimate of drug-likeness (QED) is 0.690. The number of rotatable bonds is 0. The van der Waals surface area contributed by atoms with E-state index in [1.165, 1.54) is 0 Å². The van der Waals surface area contributed by atoms with E-state index in [2.05, 4.69) is 0 Å². The van der Waals surface area contributed by atoms with Crippen LogP contribution in [0.4, 0.5) is 0 Å². The van der Waals surface area contributed by atoms with E-state index in [4.69, 9.17) is 28.3 Å².